The molecule has 0 aliphatic carbocycles. The number of rotatable bonds is 3. The van der Waals surface area contributed by atoms with Crippen LogP contribution in [0.4, 0.5) is 0 Å². The molecule has 3 heteroatoms. The quantitative estimate of drug-likeness (QED) is 0.655. The van der Waals surface area contributed by atoms with Crippen molar-refractivity contribution in [3.63, 3.8) is 0 Å². The molecule has 3 aromatic carbocycles. The van der Waals surface area contributed by atoms with Crippen LogP contribution >= 0.6 is 0 Å². The van der Waals surface area contributed by atoms with Crippen molar-refractivity contribution in [3.8, 4) is 11.5 Å². The van der Waals surface area contributed by atoms with Gasteiger partial charge in [-0.3, -0.25) is 0 Å². The minimum atomic E-state index is 0.371. The van der Waals surface area contributed by atoms with E-state index in [9.17, 15) is 5.11 Å². The van der Waals surface area contributed by atoms with Gasteiger partial charge in [-0.25, -0.2) is 0 Å². The normalized spacial score (nSPS) is 16.0. The van der Waals surface area contributed by atoms with Gasteiger partial charge >= 0.3 is 0 Å². The number of hydrogen-bond donors (Lipinski definition) is 1. The lowest BCUT2D eigenvalue weighted by atomic mass is 9.88. The van der Waals surface area contributed by atoms with Crippen LogP contribution in [0.1, 0.15) is 41.0 Å². The Morgan fingerprint density at radius 2 is 1.48 bits per heavy atom. The van der Waals surface area contributed by atoms with E-state index in [4.69, 9.17) is 4.84 Å². The number of nitrogens with zero attached hydrogens (tertiary/aromatic N) is 1. The Kier molecular flexibility index (Phi) is 4.79. The second kappa shape index (κ2) is 7.24. The number of phenolic OH excluding ortho intramolecular Hbond substituents is 1. The summed E-state index contributed by atoms with van der Waals surface area (Å²) in [6, 6.07) is 16.5. The molecule has 27 heavy (non-hydrogen) atoms. The molecule has 0 saturated carbocycles. The van der Waals surface area contributed by atoms with Crippen molar-refractivity contribution in [1.82, 2.24) is 5.06 Å². The summed E-state index contributed by atoms with van der Waals surface area (Å²) in [7, 11) is 0. The van der Waals surface area contributed by atoms with E-state index in [0.717, 1.165) is 42.6 Å². The Labute approximate surface area is 161 Å². The standard InChI is InChI=1S/C24H27NO2/c1-16-12-22(13-17(2)18(16)3)27-25-10-8-19(9-11-25)23-14-20-6-4-5-7-21(20)15-24(23)26/h4-7,12-15,19,26H,8-11H2,1-3H3. The van der Waals surface area contributed by atoms with Crippen molar-refractivity contribution in [2.75, 3.05) is 13.1 Å². The van der Waals surface area contributed by atoms with Gasteiger partial charge in [0, 0.05) is 13.1 Å². The molecule has 1 fully saturated rings. The Balaban J connectivity index is 1.45. The van der Waals surface area contributed by atoms with E-state index >= 15 is 0 Å². The number of phenols is 1. The maximum Gasteiger partial charge on any atom is 0.148 e. The van der Waals surface area contributed by atoms with E-state index in [1.165, 1.54) is 22.1 Å². The van der Waals surface area contributed by atoms with Crippen LogP contribution in [-0.2, 0) is 0 Å². The molecule has 0 atom stereocenters. The Morgan fingerprint density at radius 3 is 2.11 bits per heavy atom. The van der Waals surface area contributed by atoms with E-state index in [-0.39, 0.29) is 0 Å². The highest BCUT2D eigenvalue weighted by Crippen LogP contribution is 2.36. The average molecular weight is 361 g/mol. The van der Waals surface area contributed by atoms with E-state index in [0.29, 0.717) is 11.7 Å². The van der Waals surface area contributed by atoms with Crippen molar-refractivity contribution in [3.05, 3.63) is 70.8 Å². The van der Waals surface area contributed by atoms with Crippen molar-refractivity contribution < 1.29 is 9.94 Å². The predicted molar refractivity (Wildman–Crippen MR) is 110 cm³/mol. The van der Waals surface area contributed by atoms with Crippen LogP contribution in [0.2, 0.25) is 0 Å². The molecule has 3 aromatic rings. The Bertz CT molecular complexity index is 948. The number of hydroxylamine groups is 2. The van der Waals surface area contributed by atoms with Gasteiger partial charge in [0.15, 0.2) is 0 Å². The second-order valence-corrected chi connectivity index (χ2v) is 7.73. The summed E-state index contributed by atoms with van der Waals surface area (Å²) in [6.07, 6.45) is 1.96. The molecule has 0 amide bonds. The average Bonchev–Trinajstić information content (AvgIpc) is 2.66. The number of aryl methyl sites for hydroxylation is 2. The summed E-state index contributed by atoms with van der Waals surface area (Å²) in [5.74, 6) is 1.71. The number of hydrogen-bond acceptors (Lipinski definition) is 3. The second-order valence-electron chi connectivity index (χ2n) is 7.73. The van der Waals surface area contributed by atoms with E-state index in [2.05, 4.69) is 50.1 Å². The maximum atomic E-state index is 10.5. The summed E-state index contributed by atoms with van der Waals surface area (Å²) in [4.78, 5) is 6.13. The van der Waals surface area contributed by atoms with Crippen LogP contribution in [0.5, 0.6) is 11.5 Å². The zero-order chi connectivity index (χ0) is 19.0. The Morgan fingerprint density at radius 1 is 0.889 bits per heavy atom. The van der Waals surface area contributed by atoms with E-state index < -0.39 is 0 Å². The minimum absolute atomic E-state index is 0.371. The fourth-order valence-electron chi connectivity index (χ4n) is 4.03. The first-order valence-electron chi connectivity index (χ1n) is 9.73. The first-order valence-corrected chi connectivity index (χ1v) is 9.73. The van der Waals surface area contributed by atoms with Crippen LogP contribution in [0.25, 0.3) is 10.8 Å². The molecule has 4 rings (SSSR count). The summed E-state index contributed by atoms with van der Waals surface area (Å²) in [6.45, 7) is 8.13. The maximum absolute atomic E-state index is 10.5. The molecule has 0 aromatic heterocycles. The molecular formula is C24H27NO2. The Hall–Kier alpha value is -2.52. The van der Waals surface area contributed by atoms with Gasteiger partial charge in [-0.1, -0.05) is 24.3 Å². The van der Waals surface area contributed by atoms with Gasteiger partial charge in [0.2, 0.25) is 0 Å². The highest BCUT2D eigenvalue weighted by atomic mass is 16.7. The number of benzene rings is 3. The summed E-state index contributed by atoms with van der Waals surface area (Å²) in [5, 5.41) is 14.8. The molecule has 1 N–H and O–H groups in total. The monoisotopic (exact) mass is 361 g/mol. The van der Waals surface area contributed by atoms with Gasteiger partial charge in [-0.05, 0) is 96.8 Å². The third-order valence-corrected chi connectivity index (χ3v) is 5.92. The molecule has 0 bridgehead atoms. The molecule has 1 saturated heterocycles. The molecular weight excluding hydrogens is 334 g/mol. The largest absolute Gasteiger partial charge is 0.508 e. The van der Waals surface area contributed by atoms with Crippen LogP contribution < -0.4 is 4.84 Å². The van der Waals surface area contributed by atoms with Crippen molar-refractivity contribution in [1.29, 1.82) is 0 Å². The molecule has 0 spiro atoms. The lowest BCUT2D eigenvalue weighted by molar-refractivity contribution is -0.0757. The zero-order valence-electron chi connectivity index (χ0n) is 16.3. The van der Waals surface area contributed by atoms with Crippen molar-refractivity contribution in [2.45, 2.75) is 39.5 Å². The molecule has 3 nitrogen and oxygen atoms in total. The number of aromatic hydroxyl groups is 1. The molecule has 140 valence electrons. The fourth-order valence-corrected chi connectivity index (χ4v) is 4.03. The topological polar surface area (TPSA) is 32.7 Å². The molecule has 0 unspecified atom stereocenters. The number of piperidine rings is 1. The molecule has 1 heterocycles. The predicted octanol–water partition coefficient (Wildman–Crippen LogP) is 5.64. The first kappa shape index (κ1) is 17.9. The van der Waals surface area contributed by atoms with Gasteiger partial charge in [0.25, 0.3) is 0 Å². The van der Waals surface area contributed by atoms with Gasteiger partial charge < -0.3 is 9.94 Å². The lowest BCUT2D eigenvalue weighted by Gasteiger charge is -2.32. The van der Waals surface area contributed by atoms with Crippen LogP contribution in [-0.4, -0.2) is 23.3 Å². The summed E-state index contributed by atoms with van der Waals surface area (Å²) in [5.41, 5.74) is 4.92. The van der Waals surface area contributed by atoms with E-state index in [1.807, 2.05) is 24.3 Å². The zero-order valence-corrected chi connectivity index (χ0v) is 16.3. The van der Waals surface area contributed by atoms with E-state index in [1.54, 1.807) is 0 Å². The van der Waals surface area contributed by atoms with Crippen LogP contribution in [0.3, 0.4) is 0 Å². The van der Waals surface area contributed by atoms with Crippen LogP contribution in [0.15, 0.2) is 48.5 Å². The number of fused-ring (bicyclic) bond motifs is 1. The molecule has 0 radical (unpaired) electrons. The smallest absolute Gasteiger partial charge is 0.148 e. The highest BCUT2D eigenvalue weighted by molar-refractivity contribution is 5.85. The molecule has 1 aliphatic heterocycles. The lowest BCUT2D eigenvalue weighted by Crippen LogP contribution is -2.35. The SMILES string of the molecule is Cc1cc(ON2CCC(c3cc4ccccc4cc3O)CC2)cc(C)c1C. The summed E-state index contributed by atoms with van der Waals surface area (Å²) >= 11 is 0. The van der Waals surface area contributed by atoms with Gasteiger partial charge in [0.05, 0.1) is 0 Å². The first-order chi connectivity index (χ1) is 13.0. The van der Waals surface area contributed by atoms with Crippen molar-refractivity contribution in [2.24, 2.45) is 0 Å². The molecule has 1 aliphatic rings. The third kappa shape index (κ3) is 3.65. The van der Waals surface area contributed by atoms with Gasteiger partial charge in [-0.15, -0.1) is 5.06 Å². The highest BCUT2D eigenvalue weighted by Gasteiger charge is 2.24. The van der Waals surface area contributed by atoms with Gasteiger partial charge in [-0.2, -0.15) is 0 Å². The third-order valence-electron chi connectivity index (χ3n) is 5.92. The van der Waals surface area contributed by atoms with Gasteiger partial charge in [0.1, 0.15) is 11.5 Å². The fraction of sp³-hybridized carbons (Fsp3) is 0.333. The van der Waals surface area contributed by atoms with Crippen LogP contribution in [0, 0.1) is 20.8 Å². The summed E-state index contributed by atoms with van der Waals surface area (Å²) < 4.78 is 0. The van der Waals surface area contributed by atoms with Crippen molar-refractivity contribution >= 4 is 10.8 Å². The minimum Gasteiger partial charge on any atom is -0.508 e.